The van der Waals surface area contributed by atoms with Gasteiger partial charge in [-0.05, 0) is 31.6 Å². The Labute approximate surface area is 537 Å². The third kappa shape index (κ3) is 62.8. The number of phosphoric acid groups is 2. The van der Waals surface area contributed by atoms with Crippen molar-refractivity contribution in [3.05, 3.63) is 0 Å². The van der Waals surface area contributed by atoms with Crippen molar-refractivity contribution in [2.45, 2.75) is 374 Å². The molecule has 17 nitrogen and oxygen atoms in total. The second kappa shape index (κ2) is 62.5. The Morgan fingerprint density at radius 1 is 0.307 bits per heavy atom. The fourth-order valence-corrected chi connectivity index (χ4v) is 12.0. The smallest absolute Gasteiger partial charge is 0.462 e. The van der Waals surface area contributed by atoms with Crippen LogP contribution < -0.4 is 0 Å². The molecular formula is C69H134O17P2. The molecule has 0 saturated heterocycles. The van der Waals surface area contributed by atoms with Gasteiger partial charge in [-0.2, -0.15) is 0 Å². The van der Waals surface area contributed by atoms with Gasteiger partial charge in [-0.15, -0.1) is 0 Å². The fourth-order valence-electron chi connectivity index (χ4n) is 10.5. The average molecular weight is 1300 g/mol. The molecule has 522 valence electrons. The maximum absolute atomic E-state index is 13.0. The van der Waals surface area contributed by atoms with Gasteiger partial charge in [-0.3, -0.25) is 37.3 Å². The Morgan fingerprint density at radius 3 is 0.773 bits per heavy atom. The molecule has 0 spiro atoms. The lowest BCUT2D eigenvalue weighted by Crippen LogP contribution is -2.30. The number of phosphoric ester groups is 2. The van der Waals surface area contributed by atoms with Crippen molar-refractivity contribution in [1.82, 2.24) is 0 Å². The van der Waals surface area contributed by atoms with Gasteiger partial charge in [0, 0.05) is 25.7 Å². The van der Waals surface area contributed by atoms with Crippen LogP contribution in [0.4, 0.5) is 0 Å². The Balaban J connectivity index is 5.21. The van der Waals surface area contributed by atoms with Crippen LogP contribution in [0.25, 0.3) is 0 Å². The van der Waals surface area contributed by atoms with Crippen LogP contribution in [0, 0.1) is 5.92 Å². The molecular weight excluding hydrogens is 1160 g/mol. The van der Waals surface area contributed by atoms with Crippen LogP contribution in [0.15, 0.2) is 0 Å². The average Bonchev–Trinajstić information content (AvgIpc) is 3.52. The molecule has 19 heteroatoms. The highest BCUT2D eigenvalue weighted by molar-refractivity contribution is 7.47. The molecule has 0 radical (unpaired) electrons. The number of unbranched alkanes of at least 4 members (excludes halogenated alkanes) is 41. The van der Waals surface area contributed by atoms with Crippen LogP contribution >= 0.6 is 15.6 Å². The molecule has 0 fully saturated rings. The van der Waals surface area contributed by atoms with Crippen molar-refractivity contribution in [3.8, 4) is 0 Å². The Kier molecular flexibility index (Phi) is 61.1. The number of ether oxygens (including phenoxy) is 4. The zero-order valence-corrected chi connectivity index (χ0v) is 58.6. The van der Waals surface area contributed by atoms with E-state index in [2.05, 4.69) is 34.6 Å². The summed E-state index contributed by atoms with van der Waals surface area (Å²) in [7, 11) is -9.89. The van der Waals surface area contributed by atoms with Crippen LogP contribution in [0.1, 0.15) is 356 Å². The first-order chi connectivity index (χ1) is 42.5. The largest absolute Gasteiger partial charge is 0.472 e. The molecule has 0 aliphatic carbocycles. The summed E-state index contributed by atoms with van der Waals surface area (Å²) < 4.78 is 68.2. The summed E-state index contributed by atoms with van der Waals surface area (Å²) in [5, 5.41) is 10.6. The van der Waals surface area contributed by atoms with E-state index in [0.29, 0.717) is 25.7 Å². The van der Waals surface area contributed by atoms with Crippen molar-refractivity contribution in [3.63, 3.8) is 0 Å². The molecule has 0 heterocycles. The Morgan fingerprint density at radius 2 is 0.523 bits per heavy atom. The Bertz CT molecular complexity index is 1700. The van der Waals surface area contributed by atoms with Gasteiger partial charge in [0.2, 0.25) is 0 Å². The molecule has 5 atom stereocenters. The number of carbonyl (C=O) groups is 4. The minimum atomic E-state index is -4.95. The lowest BCUT2D eigenvalue weighted by molar-refractivity contribution is -0.161. The third-order valence-corrected chi connectivity index (χ3v) is 17.9. The number of aliphatic hydroxyl groups excluding tert-OH is 1. The van der Waals surface area contributed by atoms with Crippen molar-refractivity contribution in [1.29, 1.82) is 0 Å². The van der Waals surface area contributed by atoms with E-state index in [1.54, 1.807) is 0 Å². The van der Waals surface area contributed by atoms with Gasteiger partial charge < -0.3 is 33.8 Å². The minimum Gasteiger partial charge on any atom is -0.462 e. The molecule has 0 rings (SSSR count). The predicted octanol–water partition coefficient (Wildman–Crippen LogP) is 19.7. The van der Waals surface area contributed by atoms with Gasteiger partial charge in [0.05, 0.1) is 26.4 Å². The van der Waals surface area contributed by atoms with E-state index in [1.807, 2.05) is 0 Å². The number of rotatable bonds is 69. The molecule has 88 heavy (non-hydrogen) atoms. The highest BCUT2D eigenvalue weighted by atomic mass is 31.2. The van der Waals surface area contributed by atoms with Gasteiger partial charge in [-0.1, -0.05) is 304 Å². The van der Waals surface area contributed by atoms with Gasteiger partial charge >= 0.3 is 39.5 Å². The van der Waals surface area contributed by atoms with E-state index in [-0.39, 0.29) is 25.7 Å². The zero-order valence-electron chi connectivity index (χ0n) is 56.9. The van der Waals surface area contributed by atoms with Crippen LogP contribution in [0.3, 0.4) is 0 Å². The maximum atomic E-state index is 13.0. The van der Waals surface area contributed by atoms with Crippen molar-refractivity contribution in [2.75, 3.05) is 39.6 Å². The monoisotopic (exact) mass is 1300 g/mol. The van der Waals surface area contributed by atoms with Gasteiger partial charge in [0.1, 0.15) is 19.3 Å². The molecule has 0 aromatic carbocycles. The van der Waals surface area contributed by atoms with Crippen LogP contribution in [0.2, 0.25) is 0 Å². The summed E-state index contributed by atoms with van der Waals surface area (Å²) in [6.07, 6.45) is 48.6. The fraction of sp³-hybridized carbons (Fsp3) is 0.942. The second-order valence-electron chi connectivity index (χ2n) is 25.4. The standard InChI is InChI=1S/C69H134O17P2/c1-6-9-12-15-18-21-22-23-24-25-26-27-28-35-40-45-50-55-69(74)86-65(59-80-67(72)53-48-43-38-34-30-29-33-36-41-46-51-62(4)5)61-84-88(77,78)82-57-63(70)56-81-87(75,76)83-60-64(85-68(73)54-49-44-39-32-20-17-14-11-8-3)58-79-66(71)52-47-42-37-31-19-16-13-10-7-2/h62-65,70H,6-61H2,1-5H3,(H,75,76)(H,77,78)/t63-,64+,65+/m0/s1. The lowest BCUT2D eigenvalue weighted by atomic mass is 10.0. The highest BCUT2D eigenvalue weighted by Crippen LogP contribution is 2.45. The lowest BCUT2D eigenvalue weighted by Gasteiger charge is -2.21. The van der Waals surface area contributed by atoms with E-state index in [9.17, 15) is 43.2 Å². The van der Waals surface area contributed by atoms with E-state index in [4.69, 9.17) is 37.0 Å². The third-order valence-electron chi connectivity index (χ3n) is 16.0. The first kappa shape index (κ1) is 86.1. The van der Waals surface area contributed by atoms with Gasteiger partial charge in [0.15, 0.2) is 12.2 Å². The summed E-state index contributed by atoms with van der Waals surface area (Å²) >= 11 is 0. The Hall–Kier alpha value is -1.94. The molecule has 2 unspecified atom stereocenters. The van der Waals surface area contributed by atoms with Crippen LogP contribution in [-0.2, 0) is 65.4 Å². The molecule has 0 amide bonds. The quantitative estimate of drug-likeness (QED) is 0.0222. The van der Waals surface area contributed by atoms with E-state index in [0.717, 1.165) is 95.8 Å². The molecule has 0 aromatic heterocycles. The first-order valence-electron chi connectivity index (χ1n) is 36.1. The number of hydrogen-bond donors (Lipinski definition) is 3. The molecule has 0 aliphatic rings. The van der Waals surface area contributed by atoms with E-state index < -0.39 is 97.5 Å². The number of esters is 4. The summed E-state index contributed by atoms with van der Waals surface area (Å²) in [5.74, 6) is -1.37. The second-order valence-corrected chi connectivity index (χ2v) is 28.3. The van der Waals surface area contributed by atoms with Gasteiger partial charge in [-0.25, -0.2) is 9.13 Å². The SMILES string of the molecule is CCCCCCCCCCCCCCCCCCCC(=O)O[C@H](COC(=O)CCCCCCCCCCCCC(C)C)COP(=O)(O)OC[C@@H](O)COP(=O)(O)OC[C@@H](COC(=O)CCCCCCCCCCC)OC(=O)CCCCCCCCCCC. The zero-order chi connectivity index (χ0) is 64.9. The highest BCUT2D eigenvalue weighted by Gasteiger charge is 2.30. The molecule has 0 aromatic rings. The number of aliphatic hydroxyl groups is 1. The molecule has 3 N–H and O–H groups in total. The minimum absolute atomic E-state index is 0.106. The number of hydrogen-bond acceptors (Lipinski definition) is 15. The predicted molar refractivity (Wildman–Crippen MR) is 354 cm³/mol. The van der Waals surface area contributed by atoms with Crippen LogP contribution in [-0.4, -0.2) is 96.7 Å². The topological polar surface area (TPSA) is 237 Å². The summed E-state index contributed by atoms with van der Waals surface area (Å²) in [6.45, 7) is 7.20. The van der Waals surface area contributed by atoms with E-state index in [1.165, 1.54) is 180 Å². The summed E-state index contributed by atoms with van der Waals surface area (Å²) in [6, 6.07) is 0. The number of carbonyl (C=O) groups excluding carboxylic acids is 4. The molecule has 0 saturated carbocycles. The summed E-state index contributed by atoms with van der Waals surface area (Å²) in [4.78, 5) is 72.4. The van der Waals surface area contributed by atoms with Crippen LogP contribution in [0.5, 0.6) is 0 Å². The summed E-state index contributed by atoms with van der Waals surface area (Å²) in [5.41, 5.74) is 0. The first-order valence-corrected chi connectivity index (χ1v) is 39.1. The molecule has 0 bridgehead atoms. The van der Waals surface area contributed by atoms with Crippen molar-refractivity contribution < 1.29 is 80.2 Å². The van der Waals surface area contributed by atoms with Crippen molar-refractivity contribution >= 4 is 39.5 Å². The van der Waals surface area contributed by atoms with Gasteiger partial charge in [0.25, 0.3) is 0 Å². The molecule has 0 aliphatic heterocycles. The van der Waals surface area contributed by atoms with E-state index >= 15 is 0 Å². The van der Waals surface area contributed by atoms with Crippen molar-refractivity contribution in [2.24, 2.45) is 5.92 Å². The maximum Gasteiger partial charge on any atom is 0.472 e. The normalized spacial score (nSPS) is 14.1.